The first kappa shape index (κ1) is 25.9. The van der Waals surface area contributed by atoms with Gasteiger partial charge in [-0.25, -0.2) is 0 Å². The van der Waals surface area contributed by atoms with Crippen molar-refractivity contribution < 1.29 is 19.1 Å². The van der Waals surface area contributed by atoms with Crippen LogP contribution in [-0.2, 0) is 4.79 Å². The van der Waals surface area contributed by atoms with E-state index in [0.29, 0.717) is 35.3 Å². The molecular formula is C35H30O4. The molecular weight excluding hydrogens is 484 g/mol. The van der Waals surface area contributed by atoms with Crippen LogP contribution in [0.1, 0.15) is 42.5 Å². The minimum Gasteiger partial charge on any atom is -0.462 e. The normalized spacial score (nSPS) is 16.9. The maximum Gasteiger partial charge on any atom is 0.189 e. The summed E-state index contributed by atoms with van der Waals surface area (Å²) >= 11 is 0. The summed E-state index contributed by atoms with van der Waals surface area (Å²) in [6.07, 6.45) is 24.4. The number of ketones is 2. The summed E-state index contributed by atoms with van der Waals surface area (Å²) in [7, 11) is 0. The number of ether oxygens (including phenoxy) is 2. The summed E-state index contributed by atoms with van der Waals surface area (Å²) in [5, 5.41) is 0. The molecule has 0 radical (unpaired) electrons. The third kappa shape index (κ3) is 6.99. The predicted octanol–water partition coefficient (Wildman–Crippen LogP) is 8.10. The number of para-hydroxylation sites is 1. The van der Waals surface area contributed by atoms with E-state index in [1.807, 2.05) is 78.9 Å². The quantitative estimate of drug-likeness (QED) is 0.334. The van der Waals surface area contributed by atoms with Crippen LogP contribution in [0, 0.1) is 0 Å². The van der Waals surface area contributed by atoms with E-state index < -0.39 is 0 Å². The van der Waals surface area contributed by atoms with Crippen LogP contribution < -0.4 is 9.47 Å². The van der Waals surface area contributed by atoms with Gasteiger partial charge in [-0.1, -0.05) is 66.8 Å². The summed E-state index contributed by atoms with van der Waals surface area (Å²) in [5.74, 6) is 3.00. The van der Waals surface area contributed by atoms with Crippen molar-refractivity contribution in [1.29, 1.82) is 0 Å². The van der Waals surface area contributed by atoms with E-state index in [1.54, 1.807) is 36.4 Å². The lowest BCUT2D eigenvalue weighted by molar-refractivity contribution is -0.112. The van der Waals surface area contributed by atoms with Gasteiger partial charge in [0.1, 0.15) is 23.0 Å². The third-order valence-electron chi connectivity index (χ3n) is 6.59. The van der Waals surface area contributed by atoms with Gasteiger partial charge in [-0.3, -0.25) is 9.59 Å². The zero-order valence-corrected chi connectivity index (χ0v) is 21.7. The summed E-state index contributed by atoms with van der Waals surface area (Å²) in [6, 6.07) is 16.8. The van der Waals surface area contributed by atoms with Crippen LogP contribution in [0.25, 0.3) is 0 Å². The van der Waals surface area contributed by atoms with Crippen molar-refractivity contribution in [2.24, 2.45) is 0 Å². The van der Waals surface area contributed by atoms with Crippen LogP contribution in [-0.4, -0.2) is 11.6 Å². The lowest BCUT2D eigenvalue weighted by atomic mass is 9.99. The monoisotopic (exact) mass is 514 g/mol. The molecule has 0 aliphatic heterocycles. The first-order chi connectivity index (χ1) is 19.2. The highest BCUT2D eigenvalue weighted by atomic mass is 16.5. The van der Waals surface area contributed by atoms with E-state index in [2.05, 4.69) is 6.08 Å². The van der Waals surface area contributed by atoms with Crippen molar-refractivity contribution in [3.63, 3.8) is 0 Å². The second-order valence-electron chi connectivity index (χ2n) is 9.43. The Balaban J connectivity index is 1.25. The zero-order chi connectivity index (χ0) is 26.9. The second kappa shape index (κ2) is 12.7. The average molecular weight is 515 g/mol. The van der Waals surface area contributed by atoms with Crippen molar-refractivity contribution in [1.82, 2.24) is 0 Å². The minimum atomic E-state index is -0.0618. The van der Waals surface area contributed by atoms with E-state index in [-0.39, 0.29) is 11.6 Å². The van der Waals surface area contributed by atoms with Crippen molar-refractivity contribution in [3.8, 4) is 11.5 Å². The Labute approximate surface area is 229 Å². The Morgan fingerprint density at radius 3 is 2.31 bits per heavy atom. The summed E-state index contributed by atoms with van der Waals surface area (Å²) in [6.45, 7) is 0. The molecule has 2 aromatic rings. The fourth-order valence-corrected chi connectivity index (χ4v) is 4.49. The molecule has 4 nitrogen and oxygen atoms in total. The average Bonchev–Trinajstić information content (AvgIpc) is 3.47. The van der Waals surface area contributed by atoms with Gasteiger partial charge in [-0.05, 0) is 80.3 Å². The molecule has 0 aromatic heterocycles. The largest absolute Gasteiger partial charge is 0.462 e. The van der Waals surface area contributed by atoms with Crippen molar-refractivity contribution in [3.05, 3.63) is 155 Å². The first-order valence-electron chi connectivity index (χ1n) is 13.3. The predicted molar refractivity (Wildman–Crippen MR) is 154 cm³/mol. The highest BCUT2D eigenvalue weighted by Gasteiger charge is 2.18. The molecule has 0 amide bonds. The van der Waals surface area contributed by atoms with Gasteiger partial charge in [0.25, 0.3) is 0 Å². The number of Topliss-reactive ketones (excluding diaryl/α,β-unsaturated/α-hetero) is 2. The molecule has 0 atom stereocenters. The van der Waals surface area contributed by atoms with Gasteiger partial charge >= 0.3 is 0 Å². The van der Waals surface area contributed by atoms with Crippen LogP contribution in [0.15, 0.2) is 150 Å². The maximum atomic E-state index is 13.3. The topological polar surface area (TPSA) is 52.6 Å². The van der Waals surface area contributed by atoms with E-state index in [9.17, 15) is 9.59 Å². The molecule has 194 valence electrons. The summed E-state index contributed by atoms with van der Waals surface area (Å²) < 4.78 is 11.9. The fourth-order valence-electron chi connectivity index (χ4n) is 4.49. The SMILES string of the molecule is O=C(C1=CC=C(C(=O)c2ccc(OC3=CCC=CC=C3)cc2)CC=C1)C1=CC=C(Oc2ccccc2)CCC1. The molecule has 0 N–H and O–H groups in total. The van der Waals surface area contributed by atoms with Gasteiger partial charge in [0, 0.05) is 28.7 Å². The Bertz CT molecular complexity index is 1470. The first-order valence-corrected chi connectivity index (χ1v) is 13.3. The Kier molecular flexibility index (Phi) is 8.44. The number of carbonyl (C=O) groups is 2. The number of hydrogen-bond donors (Lipinski definition) is 0. The third-order valence-corrected chi connectivity index (χ3v) is 6.59. The molecule has 0 saturated carbocycles. The molecule has 0 spiro atoms. The van der Waals surface area contributed by atoms with Crippen molar-refractivity contribution >= 4 is 11.6 Å². The van der Waals surface area contributed by atoms with E-state index in [4.69, 9.17) is 9.47 Å². The molecule has 3 aliphatic carbocycles. The van der Waals surface area contributed by atoms with Crippen LogP contribution in [0.4, 0.5) is 0 Å². The van der Waals surface area contributed by atoms with Gasteiger partial charge in [-0.2, -0.15) is 0 Å². The number of carbonyl (C=O) groups excluding carboxylic acids is 2. The van der Waals surface area contributed by atoms with Crippen LogP contribution in [0.2, 0.25) is 0 Å². The van der Waals surface area contributed by atoms with Gasteiger partial charge in [0.2, 0.25) is 0 Å². The van der Waals surface area contributed by atoms with Crippen LogP contribution >= 0.6 is 0 Å². The molecule has 0 fully saturated rings. The van der Waals surface area contributed by atoms with E-state index in [0.717, 1.165) is 42.1 Å². The smallest absolute Gasteiger partial charge is 0.189 e. The highest BCUT2D eigenvalue weighted by molar-refractivity contribution is 6.12. The van der Waals surface area contributed by atoms with Crippen molar-refractivity contribution in [2.75, 3.05) is 0 Å². The fraction of sp³-hybridized carbons (Fsp3) is 0.143. The molecule has 0 saturated heterocycles. The Morgan fingerprint density at radius 2 is 1.46 bits per heavy atom. The van der Waals surface area contributed by atoms with Gasteiger partial charge in [0.15, 0.2) is 11.6 Å². The lowest BCUT2D eigenvalue weighted by Crippen LogP contribution is -2.04. The number of hydrogen-bond acceptors (Lipinski definition) is 4. The summed E-state index contributed by atoms with van der Waals surface area (Å²) in [4.78, 5) is 26.5. The molecule has 4 heteroatoms. The summed E-state index contributed by atoms with van der Waals surface area (Å²) in [5.41, 5.74) is 2.54. The molecule has 0 unspecified atom stereocenters. The van der Waals surface area contributed by atoms with Crippen LogP contribution in [0.3, 0.4) is 0 Å². The molecule has 2 aromatic carbocycles. The minimum absolute atomic E-state index is 0.0213. The highest BCUT2D eigenvalue weighted by Crippen LogP contribution is 2.26. The number of rotatable bonds is 8. The molecule has 0 heterocycles. The Morgan fingerprint density at radius 1 is 0.667 bits per heavy atom. The number of benzene rings is 2. The van der Waals surface area contributed by atoms with Gasteiger partial charge < -0.3 is 9.47 Å². The molecule has 39 heavy (non-hydrogen) atoms. The van der Waals surface area contributed by atoms with E-state index in [1.165, 1.54) is 0 Å². The van der Waals surface area contributed by atoms with Gasteiger partial charge in [-0.15, -0.1) is 0 Å². The molecule has 3 aliphatic rings. The maximum absolute atomic E-state index is 13.3. The van der Waals surface area contributed by atoms with Gasteiger partial charge in [0.05, 0.1) is 0 Å². The zero-order valence-electron chi connectivity index (χ0n) is 21.7. The lowest BCUT2D eigenvalue weighted by Gasteiger charge is -2.08. The second-order valence-corrected chi connectivity index (χ2v) is 9.43. The van der Waals surface area contributed by atoms with Crippen molar-refractivity contribution in [2.45, 2.75) is 32.1 Å². The molecule has 5 rings (SSSR count). The standard InChI is InChI=1S/C35H30O4/c36-34(28-12-9-17-32(23-20-28)38-30-15-6-3-7-16-30)26-10-8-11-27(19-18-26)35(37)29-21-24-33(25-22-29)39-31-13-4-1-2-5-14-31/h1-4,6-8,10,13-16,18-25H,5,9,11-12,17H2. The Hall–Kier alpha value is -4.70. The molecule has 0 bridgehead atoms. The van der Waals surface area contributed by atoms with Crippen LogP contribution in [0.5, 0.6) is 11.5 Å². The number of allylic oxidation sites excluding steroid dienone is 15. The van der Waals surface area contributed by atoms with E-state index >= 15 is 0 Å².